The number of hydrogen-bond acceptors (Lipinski definition) is 2. The Morgan fingerprint density at radius 1 is 1.05 bits per heavy atom. The maximum Gasteiger partial charge on any atom is 0.159 e. The first kappa shape index (κ1) is 14.8. The van der Waals surface area contributed by atoms with Crippen molar-refractivity contribution in [3.05, 3.63) is 42.0 Å². The molecule has 0 unspecified atom stereocenters. The maximum atomic E-state index is 13.0. The topological polar surface area (TPSA) is 25.8 Å². The lowest BCUT2D eigenvalue weighted by atomic mass is 10.1. The first-order valence-corrected chi connectivity index (χ1v) is 10.4. The molecular weight excluding hydrogens is 267 g/mol. The zero-order valence-corrected chi connectivity index (χ0v) is 13.7. The summed E-state index contributed by atoms with van der Waals surface area (Å²) in [6.07, 6.45) is 1.97. The molecule has 2 aromatic rings. The molecule has 2 nitrogen and oxygen atoms in total. The highest BCUT2D eigenvalue weighted by atomic mass is 28.3. The normalized spacial score (nSPS) is 11.9. The highest BCUT2D eigenvalue weighted by molar-refractivity contribution is 6.88. The zero-order chi connectivity index (χ0) is 14.9. The van der Waals surface area contributed by atoms with Crippen LogP contribution in [-0.2, 0) is 0 Å². The minimum Gasteiger partial charge on any atom is -0.237 e. The van der Waals surface area contributed by atoms with E-state index >= 15 is 0 Å². The Morgan fingerprint density at radius 2 is 1.65 bits per heavy atom. The van der Waals surface area contributed by atoms with Gasteiger partial charge in [0.15, 0.2) is 5.82 Å². The van der Waals surface area contributed by atoms with Crippen molar-refractivity contribution in [3.8, 4) is 11.4 Å². The molecule has 0 saturated heterocycles. The van der Waals surface area contributed by atoms with E-state index in [4.69, 9.17) is 4.98 Å². The van der Waals surface area contributed by atoms with Crippen LogP contribution in [0, 0.1) is 5.82 Å². The summed E-state index contributed by atoms with van der Waals surface area (Å²) in [5.74, 6) is 0.797. The summed E-state index contributed by atoms with van der Waals surface area (Å²) in [6, 6.07) is 6.34. The second-order valence-corrected chi connectivity index (χ2v) is 11.4. The minimum atomic E-state index is -1.46. The van der Waals surface area contributed by atoms with Crippen molar-refractivity contribution >= 4 is 13.3 Å². The van der Waals surface area contributed by atoms with Gasteiger partial charge in [0.05, 0.1) is 8.07 Å². The Bertz CT molecular complexity index is 601. The van der Waals surface area contributed by atoms with Gasteiger partial charge in [-0.2, -0.15) is 0 Å². The number of hydrogen-bond donors (Lipinski definition) is 0. The van der Waals surface area contributed by atoms with Crippen LogP contribution in [0.1, 0.15) is 25.5 Å². The van der Waals surface area contributed by atoms with Gasteiger partial charge in [-0.1, -0.05) is 33.5 Å². The zero-order valence-electron chi connectivity index (χ0n) is 12.7. The summed E-state index contributed by atoms with van der Waals surface area (Å²) < 4.78 is 13.0. The fourth-order valence-corrected chi connectivity index (χ4v) is 3.72. The van der Waals surface area contributed by atoms with E-state index < -0.39 is 8.07 Å². The third kappa shape index (κ3) is 3.12. The fourth-order valence-electron chi connectivity index (χ4n) is 2.15. The van der Waals surface area contributed by atoms with Crippen LogP contribution in [0.25, 0.3) is 11.4 Å². The van der Waals surface area contributed by atoms with Gasteiger partial charge in [-0.25, -0.2) is 14.4 Å². The molecule has 0 N–H and O–H groups in total. The fraction of sp³-hybridized carbons (Fsp3) is 0.375. The summed E-state index contributed by atoms with van der Waals surface area (Å²) in [7, 11) is -1.46. The van der Waals surface area contributed by atoms with Crippen molar-refractivity contribution in [2.45, 2.75) is 39.4 Å². The second-order valence-electron chi connectivity index (χ2n) is 6.40. The van der Waals surface area contributed by atoms with Gasteiger partial charge in [0.2, 0.25) is 0 Å². The van der Waals surface area contributed by atoms with E-state index in [1.165, 1.54) is 17.3 Å². The van der Waals surface area contributed by atoms with E-state index in [0.29, 0.717) is 11.7 Å². The van der Waals surface area contributed by atoms with E-state index in [-0.39, 0.29) is 5.82 Å². The van der Waals surface area contributed by atoms with Gasteiger partial charge in [0, 0.05) is 17.5 Å². The molecule has 106 valence electrons. The third-order valence-corrected chi connectivity index (χ3v) is 5.28. The molecule has 0 spiro atoms. The molecule has 0 radical (unpaired) electrons. The van der Waals surface area contributed by atoms with Gasteiger partial charge >= 0.3 is 0 Å². The van der Waals surface area contributed by atoms with Crippen molar-refractivity contribution in [3.63, 3.8) is 0 Å². The molecule has 0 aliphatic carbocycles. The molecule has 0 saturated carbocycles. The smallest absolute Gasteiger partial charge is 0.159 e. The average molecular weight is 288 g/mol. The molecule has 20 heavy (non-hydrogen) atoms. The number of benzene rings is 1. The predicted octanol–water partition coefficient (Wildman–Crippen LogP) is 3.95. The van der Waals surface area contributed by atoms with Crippen LogP contribution in [0.4, 0.5) is 4.39 Å². The Balaban J connectivity index is 2.53. The van der Waals surface area contributed by atoms with Crippen molar-refractivity contribution in [2.24, 2.45) is 0 Å². The number of halogens is 1. The SMILES string of the molecule is CC(C)c1nc(-c2ccc(F)cc2)ncc1[Si](C)(C)C. The number of aromatic nitrogens is 2. The summed E-state index contributed by atoms with van der Waals surface area (Å²) in [5.41, 5.74) is 1.98. The molecule has 0 amide bonds. The average Bonchev–Trinajstić information content (AvgIpc) is 2.37. The monoisotopic (exact) mass is 288 g/mol. The van der Waals surface area contributed by atoms with Crippen LogP contribution < -0.4 is 5.19 Å². The maximum absolute atomic E-state index is 13.0. The van der Waals surface area contributed by atoms with Crippen molar-refractivity contribution in [1.29, 1.82) is 0 Å². The molecular formula is C16H21FN2Si. The third-order valence-electron chi connectivity index (χ3n) is 3.28. The van der Waals surface area contributed by atoms with Crippen molar-refractivity contribution in [1.82, 2.24) is 9.97 Å². The summed E-state index contributed by atoms with van der Waals surface area (Å²) in [6.45, 7) is 11.2. The van der Waals surface area contributed by atoms with E-state index in [0.717, 1.165) is 11.3 Å². The molecule has 1 aromatic heterocycles. The Morgan fingerprint density at radius 3 is 2.15 bits per heavy atom. The molecule has 1 heterocycles. The molecule has 1 aromatic carbocycles. The van der Waals surface area contributed by atoms with Crippen molar-refractivity contribution in [2.75, 3.05) is 0 Å². The highest BCUT2D eigenvalue weighted by Gasteiger charge is 2.23. The van der Waals surface area contributed by atoms with Gasteiger partial charge < -0.3 is 0 Å². The molecule has 0 aliphatic rings. The van der Waals surface area contributed by atoms with Gasteiger partial charge in [-0.3, -0.25) is 0 Å². The first-order valence-electron chi connectivity index (χ1n) is 6.92. The molecule has 0 atom stereocenters. The minimum absolute atomic E-state index is 0.239. The van der Waals surface area contributed by atoms with E-state index in [1.807, 2.05) is 6.20 Å². The highest BCUT2D eigenvalue weighted by Crippen LogP contribution is 2.19. The lowest BCUT2D eigenvalue weighted by Gasteiger charge is -2.22. The van der Waals surface area contributed by atoms with Gasteiger partial charge in [0.1, 0.15) is 5.82 Å². The predicted molar refractivity (Wildman–Crippen MR) is 84.5 cm³/mol. The second kappa shape index (κ2) is 5.44. The van der Waals surface area contributed by atoms with Crippen LogP contribution >= 0.6 is 0 Å². The number of rotatable bonds is 3. The lowest BCUT2D eigenvalue weighted by Crippen LogP contribution is -2.41. The van der Waals surface area contributed by atoms with E-state index in [2.05, 4.69) is 38.5 Å². The summed E-state index contributed by atoms with van der Waals surface area (Å²) in [4.78, 5) is 9.23. The molecule has 0 bridgehead atoms. The van der Waals surface area contributed by atoms with Gasteiger partial charge in [-0.05, 0) is 35.4 Å². The number of nitrogens with zero attached hydrogens (tertiary/aromatic N) is 2. The molecule has 0 aliphatic heterocycles. The van der Waals surface area contributed by atoms with Crippen LogP contribution in [0.3, 0.4) is 0 Å². The first-order chi connectivity index (χ1) is 9.29. The summed E-state index contributed by atoms with van der Waals surface area (Å²) in [5, 5.41) is 1.30. The molecule has 0 fully saturated rings. The van der Waals surface area contributed by atoms with E-state index in [1.54, 1.807) is 12.1 Å². The van der Waals surface area contributed by atoms with Crippen LogP contribution in [0.5, 0.6) is 0 Å². The van der Waals surface area contributed by atoms with Gasteiger partial charge in [-0.15, -0.1) is 0 Å². The summed E-state index contributed by atoms with van der Waals surface area (Å²) >= 11 is 0. The van der Waals surface area contributed by atoms with Crippen LogP contribution in [0.2, 0.25) is 19.6 Å². The lowest BCUT2D eigenvalue weighted by molar-refractivity contribution is 0.628. The van der Waals surface area contributed by atoms with E-state index in [9.17, 15) is 4.39 Å². The largest absolute Gasteiger partial charge is 0.237 e. The Labute approximate surface area is 121 Å². The van der Waals surface area contributed by atoms with Crippen molar-refractivity contribution < 1.29 is 4.39 Å². The van der Waals surface area contributed by atoms with Gasteiger partial charge in [0.25, 0.3) is 0 Å². The Kier molecular flexibility index (Phi) is 4.04. The molecule has 2 rings (SSSR count). The standard InChI is InChI=1S/C16H21FN2Si/c1-11(2)15-14(20(3,4)5)10-18-16(19-15)12-6-8-13(17)9-7-12/h6-11H,1-5H3. The van der Waals surface area contributed by atoms with Crippen LogP contribution in [-0.4, -0.2) is 18.0 Å². The van der Waals surface area contributed by atoms with Crippen LogP contribution in [0.15, 0.2) is 30.5 Å². The quantitative estimate of drug-likeness (QED) is 0.799. The Hall–Kier alpha value is -1.55. The molecule has 4 heteroatoms.